The summed E-state index contributed by atoms with van der Waals surface area (Å²) in [4.78, 5) is 28.1. The van der Waals surface area contributed by atoms with Gasteiger partial charge in [0.05, 0.1) is 11.6 Å². The second-order valence-electron chi connectivity index (χ2n) is 5.70. The molecule has 0 bridgehead atoms. The Morgan fingerprint density at radius 3 is 2.86 bits per heavy atom. The fourth-order valence-electron chi connectivity index (χ4n) is 3.21. The van der Waals surface area contributed by atoms with E-state index in [4.69, 9.17) is 0 Å². The van der Waals surface area contributed by atoms with Gasteiger partial charge in [0.25, 0.3) is 5.91 Å². The van der Waals surface area contributed by atoms with Crippen molar-refractivity contribution in [2.45, 2.75) is 18.9 Å². The summed E-state index contributed by atoms with van der Waals surface area (Å²) in [6, 6.07) is 8.13. The predicted molar refractivity (Wildman–Crippen MR) is 82.5 cm³/mol. The minimum atomic E-state index is 0.0888. The first-order chi connectivity index (χ1) is 10.2. The Kier molecular flexibility index (Phi) is 2.96. The van der Waals surface area contributed by atoms with E-state index in [-0.39, 0.29) is 17.9 Å². The Balaban J connectivity index is 1.50. The van der Waals surface area contributed by atoms with E-state index in [0.717, 1.165) is 28.6 Å². The molecular weight excluding hydrogens is 284 g/mol. The van der Waals surface area contributed by atoms with Crippen LogP contribution in [0.4, 0.5) is 0 Å². The van der Waals surface area contributed by atoms with Gasteiger partial charge in [-0.25, -0.2) is 0 Å². The van der Waals surface area contributed by atoms with Gasteiger partial charge in [-0.1, -0.05) is 12.1 Å². The van der Waals surface area contributed by atoms with Crippen molar-refractivity contribution in [2.24, 2.45) is 0 Å². The number of thiophene rings is 1. The summed E-state index contributed by atoms with van der Waals surface area (Å²) in [6.07, 6.45) is 1.62. The minimum absolute atomic E-state index is 0.0888. The number of benzene rings is 1. The van der Waals surface area contributed by atoms with E-state index in [2.05, 4.69) is 0 Å². The highest BCUT2D eigenvalue weighted by Gasteiger charge is 2.39. The lowest BCUT2D eigenvalue weighted by molar-refractivity contribution is -0.132. The van der Waals surface area contributed by atoms with Gasteiger partial charge in [0.1, 0.15) is 0 Å². The molecule has 0 N–H and O–H groups in total. The van der Waals surface area contributed by atoms with Crippen molar-refractivity contribution in [2.75, 3.05) is 19.6 Å². The molecule has 4 rings (SSSR count). The first kappa shape index (κ1) is 12.8. The molecule has 0 saturated carbocycles. The third-order valence-corrected chi connectivity index (χ3v) is 5.37. The number of fused-ring (bicyclic) bond motifs is 1. The lowest BCUT2D eigenvalue weighted by atomic mass is 10.0. The maximum Gasteiger partial charge on any atom is 0.255 e. The third kappa shape index (κ3) is 2.03. The standard InChI is InChI=1S/C16H16N2O2S/c19-14-5-2-7-18(14)12-9-17(10-12)16(20)13-4-1-3-11-6-8-21-15(11)13/h1,3-4,6,8,12H,2,5,7,9-10H2. The zero-order chi connectivity index (χ0) is 14.4. The smallest absolute Gasteiger partial charge is 0.255 e. The average molecular weight is 300 g/mol. The van der Waals surface area contributed by atoms with Crippen LogP contribution >= 0.6 is 11.3 Å². The van der Waals surface area contributed by atoms with Crippen molar-refractivity contribution < 1.29 is 9.59 Å². The average Bonchev–Trinajstić information content (AvgIpc) is 3.06. The number of amides is 2. The number of likely N-dealkylation sites (tertiary alicyclic amines) is 2. The Morgan fingerprint density at radius 2 is 2.10 bits per heavy atom. The number of carbonyl (C=O) groups is 2. The molecule has 0 spiro atoms. The second kappa shape index (κ2) is 4.84. The quantitative estimate of drug-likeness (QED) is 0.854. The van der Waals surface area contributed by atoms with E-state index < -0.39 is 0 Å². The van der Waals surface area contributed by atoms with E-state index in [9.17, 15) is 9.59 Å². The maximum atomic E-state index is 12.6. The SMILES string of the molecule is O=C(c1cccc2ccsc12)N1CC(N2CCCC2=O)C1. The number of carbonyl (C=O) groups excluding carboxylic acids is 2. The van der Waals surface area contributed by atoms with Crippen LogP contribution in [0.3, 0.4) is 0 Å². The molecule has 108 valence electrons. The summed E-state index contributed by atoms with van der Waals surface area (Å²) in [5.41, 5.74) is 0.786. The molecule has 0 unspecified atom stereocenters. The van der Waals surface area contributed by atoms with Crippen LogP contribution in [0.15, 0.2) is 29.6 Å². The normalized spacial score (nSPS) is 19.3. The summed E-state index contributed by atoms with van der Waals surface area (Å²) >= 11 is 1.61. The summed E-state index contributed by atoms with van der Waals surface area (Å²) in [5, 5.41) is 3.14. The minimum Gasteiger partial charge on any atom is -0.336 e. The highest BCUT2D eigenvalue weighted by Crippen LogP contribution is 2.28. The van der Waals surface area contributed by atoms with Crippen molar-refractivity contribution in [1.29, 1.82) is 0 Å². The van der Waals surface area contributed by atoms with Crippen LogP contribution in [0.1, 0.15) is 23.2 Å². The predicted octanol–water partition coefficient (Wildman–Crippen LogP) is 2.35. The molecule has 2 aliphatic rings. The van der Waals surface area contributed by atoms with Crippen molar-refractivity contribution in [1.82, 2.24) is 9.80 Å². The van der Waals surface area contributed by atoms with Crippen molar-refractivity contribution in [3.8, 4) is 0 Å². The maximum absolute atomic E-state index is 12.6. The Bertz CT molecular complexity index is 718. The van der Waals surface area contributed by atoms with Gasteiger partial charge in [-0.05, 0) is 29.3 Å². The van der Waals surface area contributed by atoms with Gasteiger partial charge in [-0.3, -0.25) is 9.59 Å². The lowest BCUT2D eigenvalue weighted by Crippen LogP contribution is -2.61. The van der Waals surface area contributed by atoms with Crippen LogP contribution in [-0.4, -0.2) is 47.3 Å². The molecule has 0 radical (unpaired) electrons. The van der Waals surface area contributed by atoms with E-state index in [0.29, 0.717) is 19.5 Å². The van der Waals surface area contributed by atoms with Crippen LogP contribution in [-0.2, 0) is 4.79 Å². The lowest BCUT2D eigenvalue weighted by Gasteiger charge is -2.44. The topological polar surface area (TPSA) is 40.6 Å². The molecular formula is C16H16N2O2S. The van der Waals surface area contributed by atoms with Crippen LogP contribution in [0.5, 0.6) is 0 Å². The van der Waals surface area contributed by atoms with Crippen LogP contribution in [0.2, 0.25) is 0 Å². The van der Waals surface area contributed by atoms with Gasteiger partial charge < -0.3 is 9.80 Å². The zero-order valence-electron chi connectivity index (χ0n) is 11.6. The van der Waals surface area contributed by atoms with Gasteiger partial charge in [-0.15, -0.1) is 11.3 Å². The van der Waals surface area contributed by atoms with E-state index in [1.165, 1.54) is 0 Å². The number of rotatable bonds is 2. The second-order valence-corrected chi connectivity index (χ2v) is 6.62. The zero-order valence-corrected chi connectivity index (χ0v) is 12.4. The third-order valence-electron chi connectivity index (χ3n) is 4.41. The van der Waals surface area contributed by atoms with Gasteiger partial charge in [0.2, 0.25) is 5.91 Å². The number of hydrogen-bond donors (Lipinski definition) is 0. The van der Waals surface area contributed by atoms with Gasteiger partial charge in [0, 0.05) is 30.8 Å². The number of hydrogen-bond acceptors (Lipinski definition) is 3. The largest absolute Gasteiger partial charge is 0.336 e. The molecule has 2 fully saturated rings. The summed E-state index contributed by atoms with van der Waals surface area (Å²) in [5.74, 6) is 0.332. The summed E-state index contributed by atoms with van der Waals surface area (Å²) < 4.78 is 1.06. The van der Waals surface area contributed by atoms with Crippen molar-refractivity contribution in [3.05, 3.63) is 35.2 Å². The molecule has 2 saturated heterocycles. The van der Waals surface area contributed by atoms with Crippen LogP contribution < -0.4 is 0 Å². The first-order valence-corrected chi connectivity index (χ1v) is 8.17. The highest BCUT2D eigenvalue weighted by molar-refractivity contribution is 7.17. The van der Waals surface area contributed by atoms with E-state index in [1.54, 1.807) is 11.3 Å². The Hall–Kier alpha value is -1.88. The van der Waals surface area contributed by atoms with E-state index in [1.807, 2.05) is 39.4 Å². The first-order valence-electron chi connectivity index (χ1n) is 7.29. The summed E-state index contributed by atoms with van der Waals surface area (Å²) in [6.45, 7) is 2.20. The van der Waals surface area contributed by atoms with Gasteiger partial charge in [0.15, 0.2) is 0 Å². The molecule has 2 aromatic rings. The Labute approximate surface area is 127 Å². The molecule has 2 amide bonds. The number of nitrogens with zero attached hydrogens (tertiary/aromatic N) is 2. The van der Waals surface area contributed by atoms with Gasteiger partial charge >= 0.3 is 0 Å². The summed E-state index contributed by atoms with van der Waals surface area (Å²) in [7, 11) is 0. The van der Waals surface area contributed by atoms with Crippen LogP contribution in [0, 0.1) is 0 Å². The Morgan fingerprint density at radius 1 is 1.24 bits per heavy atom. The highest BCUT2D eigenvalue weighted by atomic mass is 32.1. The van der Waals surface area contributed by atoms with E-state index >= 15 is 0 Å². The fourth-order valence-corrected chi connectivity index (χ4v) is 4.11. The molecule has 2 aliphatic heterocycles. The van der Waals surface area contributed by atoms with Crippen LogP contribution in [0.25, 0.3) is 10.1 Å². The fraction of sp³-hybridized carbons (Fsp3) is 0.375. The molecule has 3 heterocycles. The molecule has 1 aromatic heterocycles. The molecule has 21 heavy (non-hydrogen) atoms. The molecule has 5 heteroatoms. The molecule has 0 aliphatic carbocycles. The molecule has 4 nitrogen and oxygen atoms in total. The van der Waals surface area contributed by atoms with Gasteiger partial charge in [-0.2, -0.15) is 0 Å². The monoisotopic (exact) mass is 300 g/mol. The molecule has 1 aromatic carbocycles. The van der Waals surface area contributed by atoms with Crippen molar-refractivity contribution >= 4 is 33.2 Å². The molecule has 0 atom stereocenters. The van der Waals surface area contributed by atoms with Crippen molar-refractivity contribution in [3.63, 3.8) is 0 Å².